The van der Waals surface area contributed by atoms with Crippen molar-refractivity contribution in [1.82, 2.24) is 4.90 Å². The summed E-state index contributed by atoms with van der Waals surface area (Å²) in [4.78, 5) is 22.5. The number of rotatable bonds is 19. The maximum Gasteiger partial charge on any atom is 1.00 e. The van der Waals surface area contributed by atoms with Gasteiger partial charge >= 0.3 is 46.7 Å². The van der Waals surface area contributed by atoms with Crippen molar-refractivity contribution >= 4 is 78.3 Å². The van der Waals surface area contributed by atoms with Crippen LogP contribution in [0.2, 0.25) is 97.7 Å². The molecule has 0 atom stereocenters. The van der Waals surface area contributed by atoms with Crippen molar-refractivity contribution in [2.75, 3.05) is 53.2 Å². The van der Waals surface area contributed by atoms with Crippen LogP contribution in [-0.2, 0) is 26.0 Å². The Hall–Kier alpha value is 1.48. The maximum absolute atomic E-state index is 11.0. The molecule has 0 aliphatic rings. The molecule has 0 unspecified atom stereocenters. The number of alkyl halides is 1. The fraction of sp³-hybridized carbons (Fsp3) is 0.950. The molecule has 18 heteroatoms. The van der Waals surface area contributed by atoms with Gasteiger partial charge in [0, 0.05) is 5.33 Å². The summed E-state index contributed by atoms with van der Waals surface area (Å²) in [6.45, 7) is 52.6. The Balaban J connectivity index is -0.000000446. The number of halogens is 1. The Kier molecular flexibility index (Phi) is 28.1. The van der Waals surface area contributed by atoms with Gasteiger partial charge in [0.15, 0.2) is 33.3 Å². The van der Waals surface area contributed by atoms with Crippen LogP contribution >= 0.6 is 15.9 Å². The average molecular weight is 1000 g/mol. The molecule has 58 heavy (non-hydrogen) atoms. The largest absolute Gasteiger partial charge is 1.00 e. The van der Waals surface area contributed by atoms with E-state index in [4.69, 9.17) is 16.5 Å². The molecule has 344 valence electrons. The van der Waals surface area contributed by atoms with Crippen molar-refractivity contribution in [1.29, 1.82) is 0 Å². The smallest absolute Gasteiger partial charge is 0.549 e. The number of aliphatic carboxylic acids is 2. The predicted molar refractivity (Wildman–Crippen MR) is 259 cm³/mol. The third-order valence-corrected chi connectivity index (χ3v) is 44.9. The summed E-state index contributed by atoms with van der Waals surface area (Å²) >= 11 is 2.65. The molecule has 0 spiro atoms. The van der Waals surface area contributed by atoms with Gasteiger partial charge in [-0.2, -0.15) is 0 Å². The molecule has 0 saturated heterocycles. The third kappa shape index (κ3) is 26.3. The third-order valence-electron chi connectivity index (χ3n) is 12.4. The van der Waals surface area contributed by atoms with Crippen LogP contribution in [0.3, 0.4) is 0 Å². The van der Waals surface area contributed by atoms with Gasteiger partial charge in [-0.3, -0.25) is 0 Å². The first kappa shape index (κ1) is 66.1. The van der Waals surface area contributed by atoms with E-state index >= 15 is 0 Å². The molecule has 10 nitrogen and oxygen atoms in total. The zero-order valence-corrected chi connectivity index (χ0v) is 52.8. The zero-order chi connectivity index (χ0) is 46.7. The van der Waals surface area contributed by atoms with Gasteiger partial charge in [0.25, 0.3) is 0 Å². The number of carbonyl (C=O) groups is 2. The second kappa shape index (κ2) is 24.7. The van der Waals surface area contributed by atoms with E-state index in [0.717, 1.165) is 38.0 Å². The molecule has 0 aromatic heterocycles. The summed E-state index contributed by atoms with van der Waals surface area (Å²) in [5.41, 5.74) is 0. The van der Waals surface area contributed by atoms with Gasteiger partial charge in [-0.05, 0) is 131 Å². The van der Waals surface area contributed by atoms with Gasteiger partial charge in [0.2, 0.25) is 0 Å². The number of hydrogen-bond acceptors (Lipinski definition) is 9. The van der Waals surface area contributed by atoms with E-state index in [1.807, 2.05) is 14.1 Å². The van der Waals surface area contributed by atoms with Crippen LogP contribution in [0.4, 0.5) is 0 Å². The van der Waals surface area contributed by atoms with E-state index in [1.165, 1.54) is 0 Å². The first-order valence-electron chi connectivity index (χ1n) is 20.9. The van der Waals surface area contributed by atoms with Crippen LogP contribution in [0.1, 0.15) is 95.9 Å². The number of likely N-dealkylation sites (N-methyl/N-ethyl adjacent to an activating group) is 1. The summed E-state index contributed by atoms with van der Waals surface area (Å²) in [5.74, 6) is -2.08. The summed E-state index contributed by atoms with van der Waals surface area (Å²) in [6.07, 6.45) is 2.05. The van der Waals surface area contributed by atoms with Crippen molar-refractivity contribution in [3.8, 4) is 0 Å². The van der Waals surface area contributed by atoms with Crippen molar-refractivity contribution in [3.05, 3.63) is 0 Å². The van der Waals surface area contributed by atoms with Gasteiger partial charge in [-0.25, -0.2) is 0 Å². The van der Waals surface area contributed by atoms with Crippen molar-refractivity contribution in [2.45, 2.75) is 194 Å². The Morgan fingerprint density at radius 1 is 0.552 bits per heavy atom. The normalized spacial score (nSPS) is 14.2. The fourth-order valence-corrected chi connectivity index (χ4v) is 31.5. The Morgan fingerprint density at radius 3 is 0.983 bits per heavy atom. The van der Waals surface area contributed by atoms with E-state index in [9.17, 15) is 19.8 Å². The molecule has 0 radical (unpaired) electrons. The number of hydrogen-bond donors (Lipinski definition) is 0. The minimum atomic E-state index is -2.43. The zero-order valence-electron chi connectivity index (χ0n) is 43.2. The Labute approximate surface area is 397 Å². The minimum absolute atomic E-state index is 0. The topological polar surface area (TPSA) is 120 Å². The molecule has 0 aliphatic carbocycles. The Morgan fingerprint density at radius 2 is 0.793 bits per heavy atom. The van der Waals surface area contributed by atoms with Gasteiger partial charge < -0.3 is 45.6 Å². The quantitative estimate of drug-likeness (QED) is 0.0812. The molecular weight excluding hydrogens is 908 g/mol. The van der Waals surface area contributed by atoms with Crippen molar-refractivity contribution in [2.24, 2.45) is 0 Å². The van der Waals surface area contributed by atoms with Crippen LogP contribution in [0.5, 0.6) is 0 Å². The molecule has 0 aliphatic heterocycles. The molecule has 0 bridgehead atoms. The fourth-order valence-electron chi connectivity index (χ4n) is 4.99. The number of quaternary nitrogens is 1. The van der Waals surface area contributed by atoms with Crippen LogP contribution in [0, 0.1) is 0 Å². The number of carbonyl (C=O) groups excluding carboxylic acids is 2. The molecule has 0 rings (SSSR count). The number of carboxylic acid groups (broad SMARTS) is 2. The average Bonchev–Trinajstić information content (AvgIpc) is 2.88. The molecule has 0 heterocycles. The summed E-state index contributed by atoms with van der Waals surface area (Å²) in [7, 11) is -4.08. The second-order valence-corrected chi connectivity index (χ2v) is 50.9. The van der Waals surface area contributed by atoms with Gasteiger partial charge in [0.05, 0.1) is 32.6 Å². The standard InChI is InChI=1S/C20H47NO4Si3.C18H45NO2Si3.C2H3BrO2.Na/c1-19(2,3)26(9,10)24-28(13,25-27(11,12)20(4,5)6)16-14-15-21(7,8)17-18(22)23;1-17(2,3)22(9,10)20-24(13,16-14-15-19(7)8)21-23(11,12)18(4,5)6;3-1-2(4)5;/h14-17H2,1-13H3;14-16H2,1-13H3;1H2,(H,4,5);/q;;;+1/p-1. The number of nitrogens with zero attached hydrogens (tertiary/aromatic N) is 2. The van der Waals surface area contributed by atoms with E-state index < -0.39 is 62.3 Å². The number of carboxylic acids is 2. The summed E-state index contributed by atoms with van der Waals surface area (Å²) in [5, 5.41) is 20.8. The molecular formula is C40H94BrN2NaO8Si6. The minimum Gasteiger partial charge on any atom is -0.549 e. The van der Waals surface area contributed by atoms with Gasteiger partial charge in [-0.15, -0.1) is 0 Å². The van der Waals surface area contributed by atoms with Crippen LogP contribution < -0.4 is 39.8 Å². The predicted octanol–water partition coefficient (Wildman–Crippen LogP) is 6.51. The molecule has 0 N–H and O–H groups in total. The second-order valence-electron chi connectivity index (χ2n) is 23.4. The van der Waals surface area contributed by atoms with Crippen LogP contribution in [-0.4, -0.2) is 125 Å². The van der Waals surface area contributed by atoms with Gasteiger partial charge in [0.1, 0.15) is 6.54 Å². The molecule has 0 saturated carbocycles. The summed E-state index contributed by atoms with van der Waals surface area (Å²) < 4.78 is 28.3. The van der Waals surface area contributed by atoms with E-state index in [-0.39, 0.29) is 61.6 Å². The summed E-state index contributed by atoms with van der Waals surface area (Å²) in [6, 6.07) is 1.98. The van der Waals surface area contributed by atoms with Crippen LogP contribution in [0.15, 0.2) is 0 Å². The van der Waals surface area contributed by atoms with Crippen LogP contribution in [0.25, 0.3) is 0 Å². The molecule has 0 amide bonds. The maximum atomic E-state index is 11.0. The SMILES string of the molecule is CC(C)(C)[Si](C)(C)O[Si](C)(CCC[N+](C)(C)CC(=O)[O-])O[Si](C)(C)C(C)(C)C.CN(C)CCC[Si](C)(O[Si](C)(C)C(C)(C)C)O[Si](C)(C)C(C)(C)C.O=C([O-])CBr.[Na+]. The molecule has 0 fully saturated rings. The molecule has 0 aromatic rings. The first-order chi connectivity index (χ1) is 24.6. The first-order valence-corrected chi connectivity index (χ1v) is 38.7. The van der Waals surface area contributed by atoms with Crippen molar-refractivity contribution in [3.63, 3.8) is 0 Å². The van der Waals surface area contributed by atoms with Crippen molar-refractivity contribution < 1.29 is 70.3 Å². The Bertz CT molecular complexity index is 1170. The molecule has 0 aromatic carbocycles. The van der Waals surface area contributed by atoms with Gasteiger partial charge in [-0.1, -0.05) is 99.0 Å². The van der Waals surface area contributed by atoms with E-state index in [1.54, 1.807) is 0 Å². The van der Waals surface area contributed by atoms with E-state index in [0.29, 0.717) is 4.48 Å². The monoisotopic (exact) mass is 1000 g/mol. The van der Waals surface area contributed by atoms with E-state index in [2.05, 4.69) is 183 Å².